The van der Waals surface area contributed by atoms with Crippen molar-refractivity contribution in [2.45, 2.75) is 51.5 Å². The summed E-state index contributed by atoms with van der Waals surface area (Å²) < 4.78 is 0. The number of rotatable bonds is 6. The standard InChI is InChI=1S/C9H22N2/c1-3-4-5-6-9(2,11)7-8-10/h3-8,10-11H2,1-2H3. The molecule has 0 amide bonds. The smallest absolute Gasteiger partial charge is 0.0137 e. The zero-order valence-electron chi connectivity index (χ0n) is 7.90. The molecule has 0 aromatic carbocycles. The van der Waals surface area contributed by atoms with Crippen LogP contribution in [0.25, 0.3) is 0 Å². The third-order valence-electron chi connectivity index (χ3n) is 2.07. The lowest BCUT2D eigenvalue weighted by atomic mass is 9.92. The molecule has 0 aliphatic heterocycles. The molecule has 0 aromatic rings. The van der Waals surface area contributed by atoms with E-state index in [9.17, 15) is 0 Å². The maximum absolute atomic E-state index is 5.99. The molecular formula is C9H22N2. The van der Waals surface area contributed by atoms with Gasteiger partial charge in [-0.25, -0.2) is 0 Å². The molecule has 0 radical (unpaired) electrons. The zero-order valence-corrected chi connectivity index (χ0v) is 7.90. The normalized spacial score (nSPS) is 16.4. The fourth-order valence-corrected chi connectivity index (χ4v) is 1.23. The zero-order chi connectivity index (χ0) is 8.74. The van der Waals surface area contributed by atoms with Crippen LogP contribution in [-0.2, 0) is 0 Å². The largest absolute Gasteiger partial charge is 0.330 e. The Hall–Kier alpha value is -0.0800. The van der Waals surface area contributed by atoms with Gasteiger partial charge in [0.05, 0.1) is 0 Å². The van der Waals surface area contributed by atoms with Crippen molar-refractivity contribution in [3.05, 3.63) is 0 Å². The first kappa shape index (κ1) is 10.9. The van der Waals surface area contributed by atoms with Crippen LogP contribution in [0, 0.1) is 0 Å². The summed E-state index contributed by atoms with van der Waals surface area (Å²) in [5.41, 5.74) is 11.4. The molecule has 0 saturated carbocycles. The Morgan fingerprint density at radius 3 is 2.27 bits per heavy atom. The molecule has 0 saturated heterocycles. The Labute approximate surface area is 70.3 Å². The third-order valence-corrected chi connectivity index (χ3v) is 2.07. The maximum Gasteiger partial charge on any atom is 0.0137 e. The molecule has 4 N–H and O–H groups in total. The van der Waals surface area contributed by atoms with E-state index < -0.39 is 0 Å². The van der Waals surface area contributed by atoms with Gasteiger partial charge in [-0.1, -0.05) is 26.2 Å². The predicted octanol–water partition coefficient (Wildman–Crippen LogP) is 1.63. The van der Waals surface area contributed by atoms with Crippen LogP contribution in [0.15, 0.2) is 0 Å². The summed E-state index contributed by atoms with van der Waals surface area (Å²) in [6.45, 7) is 5.01. The van der Waals surface area contributed by atoms with Gasteiger partial charge in [0.1, 0.15) is 0 Å². The summed E-state index contributed by atoms with van der Waals surface area (Å²) in [6, 6.07) is 0. The van der Waals surface area contributed by atoms with Crippen molar-refractivity contribution in [1.29, 1.82) is 0 Å². The monoisotopic (exact) mass is 158 g/mol. The van der Waals surface area contributed by atoms with Crippen LogP contribution in [0.2, 0.25) is 0 Å². The average molecular weight is 158 g/mol. The second-order valence-corrected chi connectivity index (χ2v) is 3.65. The van der Waals surface area contributed by atoms with Gasteiger partial charge in [-0.15, -0.1) is 0 Å². The highest BCUT2D eigenvalue weighted by Gasteiger charge is 2.15. The van der Waals surface area contributed by atoms with Gasteiger partial charge >= 0.3 is 0 Å². The topological polar surface area (TPSA) is 52.0 Å². The van der Waals surface area contributed by atoms with Gasteiger partial charge in [0.2, 0.25) is 0 Å². The average Bonchev–Trinajstić information content (AvgIpc) is 1.87. The highest BCUT2D eigenvalue weighted by molar-refractivity contribution is 4.78. The van der Waals surface area contributed by atoms with Crippen molar-refractivity contribution in [2.24, 2.45) is 11.5 Å². The quantitative estimate of drug-likeness (QED) is 0.577. The highest BCUT2D eigenvalue weighted by Crippen LogP contribution is 2.14. The van der Waals surface area contributed by atoms with Crippen molar-refractivity contribution in [2.75, 3.05) is 6.54 Å². The molecule has 11 heavy (non-hydrogen) atoms. The fourth-order valence-electron chi connectivity index (χ4n) is 1.23. The highest BCUT2D eigenvalue weighted by atomic mass is 14.7. The predicted molar refractivity (Wildman–Crippen MR) is 50.4 cm³/mol. The molecule has 68 valence electrons. The van der Waals surface area contributed by atoms with Crippen LogP contribution >= 0.6 is 0 Å². The minimum atomic E-state index is -0.0239. The van der Waals surface area contributed by atoms with Crippen LogP contribution in [0.4, 0.5) is 0 Å². The fraction of sp³-hybridized carbons (Fsp3) is 1.00. The Balaban J connectivity index is 3.38. The first-order valence-corrected chi connectivity index (χ1v) is 4.61. The first-order chi connectivity index (χ1) is 5.12. The molecule has 2 nitrogen and oxygen atoms in total. The molecule has 1 unspecified atom stereocenters. The number of nitrogens with two attached hydrogens (primary N) is 2. The minimum Gasteiger partial charge on any atom is -0.330 e. The van der Waals surface area contributed by atoms with Gasteiger partial charge in [0, 0.05) is 5.54 Å². The van der Waals surface area contributed by atoms with Gasteiger partial charge in [-0.05, 0) is 26.3 Å². The molecule has 0 aliphatic rings. The summed E-state index contributed by atoms with van der Waals surface area (Å²) in [5, 5.41) is 0. The second kappa shape index (κ2) is 5.56. The van der Waals surface area contributed by atoms with Crippen LogP contribution in [-0.4, -0.2) is 12.1 Å². The van der Waals surface area contributed by atoms with E-state index >= 15 is 0 Å². The van der Waals surface area contributed by atoms with E-state index in [0.29, 0.717) is 6.54 Å². The molecule has 2 heteroatoms. The number of hydrogen-bond donors (Lipinski definition) is 2. The summed E-state index contributed by atoms with van der Waals surface area (Å²) in [4.78, 5) is 0. The first-order valence-electron chi connectivity index (χ1n) is 4.61. The summed E-state index contributed by atoms with van der Waals surface area (Å²) >= 11 is 0. The number of unbranched alkanes of at least 4 members (excludes halogenated alkanes) is 2. The van der Waals surface area contributed by atoms with E-state index in [0.717, 1.165) is 12.8 Å². The Morgan fingerprint density at radius 2 is 1.82 bits per heavy atom. The summed E-state index contributed by atoms with van der Waals surface area (Å²) in [6.07, 6.45) is 5.84. The van der Waals surface area contributed by atoms with Crippen molar-refractivity contribution in [1.82, 2.24) is 0 Å². The minimum absolute atomic E-state index is 0.0239. The molecule has 0 aliphatic carbocycles. The molecule has 1 atom stereocenters. The molecule has 0 heterocycles. The van der Waals surface area contributed by atoms with E-state index in [-0.39, 0.29) is 5.54 Å². The Bertz CT molecular complexity index is 89.6. The van der Waals surface area contributed by atoms with E-state index in [1.165, 1.54) is 19.3 Å². The van der Waals surface area contributed by atoms with Crippen LogP contribution in [0.1, 0.15) is 46.0 Å². The van der Waals surface area contributed by atoms with Crippen molar-refractivity contribution >= 4 is 0 Å². The molecule has 0 fully saturated rings. The molecule has 0 aromatic heterocycles. The van der Waals surface area contributed by atoms with Crippen LogP contribution in [0.3, 0.4) is 0 Å². The van der Waals surface area contributed by atoms with Crippen molar-refractivity contribution in [3.63, 3.8) is 0 Å². The van der Waals surface area contributed by atoms with Crippen molar-refractivity contribution in [3.8, 4) is 0 Å². The SMILES string of the molecule is CCCCCC(C)(N)CCN. The van der Waals surface area contributed by atoms with E-state index in [1.54, 1.807) is 0 Å². The van der Waals surface area contributed by atoms with Crippen LogP contribution in [0.5, 0.6) is 0 Å². The van der Waals surface area contributed by atoms with Crippen LogP contribution < -0.4 is 11.5 Å². The van der Waals surface area contributed by atoms with E-state index in [1.807, 2.05) is 0 Å². The summed E-state index contributed by atoms with van der Waals surface area (Å²) in [5.74, 6) is 0. The lowest BCUT2D eigenvalue weighted by molar-refractivity contribution is 0.389. The van der Waals surface area contributed by atoms with E-state index in [4.69, 9.17) is 11.5 Å². The number of hydrogen-bond acceptors (Lipinski definition) is 2. The maximum atomic E-state index is 5.99. The van der Waals surface area contributed by atoms with Gasteiger partial charge in [-0.3, -0.25) is 0 Å². The Kier molecular flexibility index (Phi) is 5.51. The molecule has 0 bridgehead atoms. The van der Waals surface area contributed by atoms with Gasteiger partial charge in [-0.2, -0.15) is 0 Å². The lowest BCUT2D eigenvalue weighted by Crippen LogP contribution is -2.38. The van der Waals surface area contributed by atoms with Crippen molar-refractivity contribution < 1.29 is 0 Å². The van der Waals surface area contributed by atoms with E-state index in [2.05, 4.69) is 13.8 Å². The Morgan fingerprint density at radius 1 is 1.18 bits per heavy atom. The third kappa shape index (κ3) is 6.32. The molecule has 0 rings (SSSR count). The second-order valence-electron chi connectivity index (χ2n) is 3.65. The summed E-state index contributed by atoms with van der Waals surface area (Å²) in [7, 11) is 0. The van der Waals surface area contributed by atoms with Gasteiger partial charge in [0.15, 0.2) is 0 Å². The van der Waals surface area contributed by atoms with Gasteiger partial charge in [0.25, 0.3) is 0 Å². The van der Waals surface area contributed by atoms with Gasteiger partial charge < -0.3 is 11.5 Å². The molecular weight excluding hydrogens is 136 g/mol. The lowest BCUT2D eigenvalue weighted by Gasteiger charge is -2.23. The molecule has 0 spiro atoms.